The van der Waals surface area contributed by atoms with Gasteiger partial charge in [-0.3, -0.25) is 9.69 Å². The lowest BCUT2D eigenvalue weighted by molar-refractivity contribution is -0.0219. The average Bonchev–Trinajstić information content (AvgIpc) is 3.29. The number of aryl methyl sites for hydroxylation is 2. The van der Waals surface area contributed by atoms with Crippen molar-refractivity contribution in [1.82, 2.24) is 14.8 Å². The van der Waals surface area contributed by atoms with Gasteiger partial charge < -0.3 is 19.0 Å². The van der Waals surface area contributed by atoms with Gasteiger partial charge in [0, 0.05) is 32.4 Å². The van der Waals surface area contributed by atoms with Gasteiger partial charge >= 0.3 is 0 Å². The third-order valence-electron chi connectivity index (χ3n) is 5.28. The van der Waals surface area contributed by atoms with Crippen LogP contribution in [0.3, 0.4) is 0 Å². The summed E-state index contributed by atoms with van der Waals surface area (Å²) in [7, 11) is 1.88. The molecule has 4 rings (SSSR count). The summed E-state index contributed by atoms with van der Waals surface area (Å²) < 4.78 is 13.6. The van der Waals surface area contributed by atoms with E-state index in [4.69, 9.17) is 9.15 Å². The van der Waals surface area contributed by atoms with Crippen LogP contribution >= 0.6 is 0 Å². The molecule has 6 nitrogen and oxygen atoms in total. The molecule has 0 aromatic carbocycles. The first-order valence-corrected chi connectivity index (χ1v) is 8.95. The van der Waals surface area contributed by atoms with Gasteiger partial charge in [-0.25, -0.2) is 0 Å². The van der Waals surface area contributed by atoms with E-state index in [1.165, 1.54) is 0 Å². The van der Waals surface area contributed by atoms with Crippen molar-refractivity contribution >= 4 is 5.91 Å². The number of fused-ring (bicyclic) bond motifs is 1. The molecule has 4 heterocycles. The molecule has 2 aliphatic heterocycles. The van der Waals surface area contributed by atoms with Crippen molar-refractivity contribution in [2.24, 2.45) is 7.05 Å². The predicted octanol–water partition coefficient (Wildman–Crippen LogP) is 2.09. The quantitative estimate of drug-likeness (QED) is 0.923. The molecule has 1 amide bonds. The number of ether oxygens (including phenoxy) is 1. The van der Waals surface area contributed by atoms with Crippen LogP contribution in [0.1, 0.15) is 34.9 Å². The maximum absolute atomic E-state index is 12.6. The van der Waals surface area contributed by atoms with Gasteiger partial charge in [0.2, 0.25) is 0 Å². The summed E-state index contributed by atoms with van der Waals surface area (Å²) in [6.07, 6.45) is 4.09. The Bertz CT molecular complexity index is 751. The first kappa shape index (κ1) is 16.4. The third-order valence-corrected chi connectivity index (χ3v) is 5.28. The Hall–Kier alpha value is -2.05. The second-order valence-electron chi connectivity index (χ2n) is 7.07. The first-order chi connectivity index (χ1) is 12.1. The van der Waals surface area contributed by atoms with Gasteiger partial charge in [-0.2, -0.15) is 0 Å². The molecule has 0 saturated carbocycles. The van der Waals surface area contributed by atoms with Crippen LogP contribution < -0.4 is 5.32 Å². The zero-order valence-corrected chi connectivity index (χ0v) is 14.8. The topological polar surface area (TPSA) is 59.6 Å². The highest BCUT2D eigenvalue weighted by atomic mass is 16.5. The van der Waals surface area contributed by atoms with Crippen molar-refractivity contribution in [1.29, 1.82) is 0 Å². The van der Waals surface area contributed by atoms with Crippen molar-refractivity contribution < 1.29 is 13.9 Å². The lowest BCUT2D eigenvalue weighted by Gasteiger charge is -2.32. The molecule has 0 unspecified atom stereocenters. The van der Waals surface area contributed by atoms with Crippen LogP contribution in [-0.2, 0) is 18.3 Å². The molecule has 2 fully saturated rings. The highest BCUT2D eigenvalue weighted by Gasteiger charge is 2.44. The van der Waals surface area contributed by atoms with Crippen molar-refractivity contribution in [3.63, 3.8) is 0 Å². The van der Waals surface area contributed by atoms with E-state index in [2.05, 4.69) is 10.2 Å². The monoisotopic (exact) mass is 343 g/mol. The van der Waals surface area contributed by atoms with Gasteiger partial charge in [0.15, 0.2) is 0 Å². The number of carbonyl (C=O) groups is 1. The van der Waals surface area contributed by atoms with E-state index < -0.39 is 0 Å². The third kappa shape index (κ3) is 3.24. The van der Waals surface area contributed by atoms with E-state index in [-0.39, 0.29) is 18.1 Å². The molecule has 2 aromatic rings. The maximum atomic E-state index is 12.6. The molecule has 0 radical (unpaired) electrons. The number of aromatic nitrogens is 1. The number of nitrogens with zero attached hydrogens (tertiary/aromatic N) is 2. The number of carbonyl (C=O) groups excluding carboxylic acids is 1. The molecule has 1 N–H and O–H groups in total. The summed E-state index contributed by atoms with van der Waals surface area (Å²) >= 11 is 0. The number of rotatable bonds is 4. The SMILES string of the molecule is Cc1ccc(CN2C[C@H](NC(=O)c3cccn3C)[C@@H]3OCCC[C@@H]32)o1. The Kier molecular flexibility index (Phi) is 4.39. The van der Waals surface area contributed by atoms with E-state index in [1.54, 1.807) is 0 Å². The Balaban J connectivity index is 1.48. The lowest BCUT2D eigenvalue weighted by atomic mass is 10.0. The molecule has 0 spiro atoms. The number of nitrogens with one attached hydrogen (secondary N) is 1. The van der Waals surface area contributed by atoms with E-state index in [0.29, 0.717) is 11.7 Å². The summed E-state index contributed by atoms with van der Waals surface area (Å²) in [4.78, 5) is 15.0. The molecule has 2 aromatic heterocycles. The molecule has 0 aliphatic carbocycles. The largest absolute Gasteiger partial charge is 0.465 e. The minimum Gasteiger partial charge on any atom is -0.465 e. The molecule has 25 heavy (non-hydrogen) atoms. The van der Waals surface area contributed by atoms with Crippen molar-refractivity contribution in [3.8, 4) is 0 Å². The molecule has 134 valence electrons. The molecule has 0 bridgehead atoms. The summed E-state index contributed by atoms with van der Waals surface area (Å²) in [5.41, 5.74) is 0.674. The normalized spacial score (nSPS) is 26.6. The fraction of sp³-hybridized carbons (Fsp3) is 0.526. The second-order valence-corrected chi connectivity index (χ2v) is 7.07. The highest BCUT2D eigenvalue weighted by molar-refractivity contribution is 5.93. The molecule has 3 atom stereocenters. The second kappa shape index (κ2) is 6.69. The summed E-state index contributed by atoms with van der Waals surface area (Å²) in [6.45, 7) is 4.27. The van der Waals surface area contributed by atoms with E-state index >= 15 is 0 Å². The van der Waals surface area contributed by atoms with Gasteiger partial charge in [0.1, 0.15) is 17.2 Å². The van der Waals surface area contributed by atoms with Gasteiger partial charge in [-0.05, 0) is 44.0 Å². The summed E-state index contributed by atoms with van der Waals surface area (Å²) in [5, 5.41) is 3.19. The van der Waals surface area contributed by atoms with Crippen molar-refractivity contribution in [2.75, 3.05) is 13.2 Å². The fourth-order valence-corrected chi connectivity index (χ4v) is 4.07. The number of hydrogen-bond donors (Lipinski definition) is 1. The van der Waals surface area contributed by atoms with Crippen LogP contribution in [-0.4, -0.2) is 46.7 Å². The number of furan rings is 1. The molecular weight excluding hydrogens is 318 g/mol. The summed E-state index contributed by atoms with van der Waals surface area (Å²) in [6, 6.07) is 8.09. The van der Waals surface area contributed by atoms with Crippen molar-refractivity contribution in [2.45, 2.75) is 44.5 Å². The summed E-state index contributed by atoms with van der Waals surface area (Å²) in [5.74, 6) is 1.86. The van der Waals surface area contributed by atoms with Gasteiger partial charge in [0.25, 0.3) is 5.91 Å². The number of hydrogen-bond acceptors (Lipinski definition) is 4. The number of amides is 1. The van der Waals surface area contributed by atoms with Crippen molar-refractivity contribution in [3.05, 3.63) is 47.7 Å². The van der Waals surface area contributed by atoms with E-state index in [0.717, 1.165) is 44.1 Å². The van der Waals surface area contributed by atoms with Crippen LogP contribution in [0, 0.1) is 6.92 Å². The molecule has 6 heteroatoms. The zero-order chi connectivity index (χ0) is 17.4. The Labute approximate surface area is 147 Å². The van der Waals surface area contributed by atoms with Gasteiger partial charge in [-0.15, -0.1) is 0 Å². The highest BCUT2D eigenvalue weighted by Crippen LogP contribution is 2.30. The van der Waals surface area contributed by atoms with Crippen LogP contribution in [0.5, 0.6) is 0 Å². The predicted molar refractivity (Wildman–Crippen MR) is 93.3 cm³/mol. The van der Waals surface area contributed by atoms with E-state index in [1.807, 2.05) is 49.0 Å². The first-order valence-electron chi connectivity index (χ1n) is 8.95. The molecule has 2 saturated heterocycles. The number of likely N-dealkylation sites (tertiary alicyclic amines) is 1. The Morgan fingerprint density at radius 2 is 2.24 bits per heavy atom. The zero-order valence-electron chi connectivity index (χ0n) is 14.8. The van der Waals surface area contributed by atoms with Crippen LogP contribution in [0.25, 0.3) is 0 Å². The van der Waals surface area contributed by atoms with Gasteiger partial charge in [0.05, 0.1) is 18.7 Å². The van der Waals surface area contributed by atoms with E-state index in [9.17, 15) is 4.79 Å². The Morgan fingerprint density at radius 1 is 1.36 bits per heavy atom. The smallest absolute Gasteiger partial charge is 0.268 e. The lowest BCUT2D eigenvalue weighted by Crippen LogP contribution is -2.47. The van der Waals surface area contributed by atoms with Gasteiger partial charge in [-0.1, -0.05) is 0 Å². The average molecular weight is 343 g/mol. The molecule has 2 aliphatic rings. The maximum Gasteiger partial charge on any atom is 0.268 e. The van der Waals surface area contributed by atoms with Crippen LogP contribution in [0.2, 0.25) is 0 Å². The minimum atomic E-state index is -0.0406. The molecular formula is C19H25N3O3. The fourth-order valence-electron chi connectivity index (χ4n) is 4.07. The standard InChI is InChI=1S/C19H25N3O3/c1-13-7-8-14(25-13)11-22-12-15(18-16(22)6-4-10-24-18)20-19(23)17-5-3-9-21(17)2/h3,5,7-9,15-16,18H,4,6,10-12H2,1-2H3,(H,20,23)/t15-,16-,18-/m0/s1. The minimum absolute atomic E-state index is 0.00348. The Morgan fingerprint density at radius 3 is 2.96 bits per heavy atom. The van der Waals surface area contributed by atoms with Crippen LogP contribution in [0.15, 0.2) is 34.9 Å². The van der Waals surface area contributed by atoms with Crippen LogP contribution in [0.4, 0.5) is 0 Å².